The molecule has 11 heteroatoms. The zero-order valence-electron chi connectivity index (χ0n) is 16.1. The van der Waals surface area contributed by atoms with E-state index in [-0.39, 0.29) is 12.3 Å². The Hall–Kier alpha value is -2.92. The van der Waals surface area contributed by atoms with Crippen LogP contribution in [0, 0.1) is 0 Å². The Morgan fingerprint density at radius 3 is 2.38 bits per heavy atom. The number of carbonyl (C=O) groups excluding carboxylic acids is 1. The Kier molecular flexibility index (Phi) is 6.83. The number of methoxy groups -OCH3 is 1. The van der Waals surface area contributed by atoms with Crippen LogP contribution in [-0.4, -0.2) is 74.3 Å². The second kappa shape index (κ2) is 9.52. The molecule has 1 fully saturated rings. The van der Waals surface area contributed by atoms with Gasteiger partial charge in [-0.3, -0.25) is 0 Å². The molecule has 1 aromatic heterocycles. The molecule has 1 aromatic carbocycles. The molecule has 0 bridgehead atoms. The molecular weight excluding hydrogens is 396 g/mol. The number of benzene rings is 1. The molecule has 0 spiro atoms. The van der Waals surface area contributed by atoms with E-state index >= 15 is 0 Å². The number of nitrogens with zero attached hydrogens (tertiary/aromatic N) is 4. The Morgan fingerprint density at radius 2 is 1.76 bits per heavy atom. The van der Waals surface area contributed by atoms with E-state index in [1.54, 1.807) is 49.8 Å². The number of hydrogen-bond acceptors (Lipinski definition) is 7. The van der Waals surface area contributed by atoms with Gasteiger partial charge in [-0.1, -0.05) is 0 Å². The highest BCUT2D eigenvalue weighted by Crippen LogP contribution is 2.15. The van der Waals surface area contributed by atoms with Crippen LogP contribution < -0.4 is 20.3 Å². The number of anilines is 2. The van der Waals surface area contributed by atoms with Gasteiger partial charge in [-0.05, 0) is 30.3 Å². The van der Waals surface area contributed by atoms with E-state index in [1.165, 1.54) is 4.31 Å². The molecule has 0 radical (unpaired) electrons. The number of amides is 2. The van der Waals surface area contributed by atoms with Crippen molar-refractivity contribution < 1.29 is 17.9 Å². The van der Waals surface area contributed by atoms with Crippen molar-refractivity contribution in [2.24, 2.45) is 0 Å². The molecule has 2 aromatic rings. The Labute approximate surface area is 169 Å². The van der Waals surface area contributed by atoms with Crippen LogP contribution in [0.1, 0.15) is 0 Å². The van der Waals surface area contributed by atoms with Gasteiger partial charge >= 0.3 is 6.03 Å². The molecule has 10 nitrogen and oxygen atoms in total. The molecule has 2 amide bonds. The van der Waals surface area contributed by atoms with Crippen molar-refractivity contribution in [1.82, 2.24) is 19.6 Å². The van der Waals surface area contributed by atoms with Crippen LogP contribution in [0.2, 0.25) is 0 Å². The van der Waals surface area contributed by atoms with Crippen molar-refractivity contribution in [2.45, 2.75) is 0 Å². The van der Waals surface area contributed by atoms with Gasteiger partial charge in [0, 0.05) is 50.8 Å². The number of hydrogen-bond donors (Lipinski definition) is 2. The first kappa shape index (κ1) is 20.8. The van der Waals surface area contributed by atoms with E-state index in [0.29, 0.717) is 43.6 Å². The van der Waals surface area contributed by atoms with Crippen LogP contribution in [0.5, 0.6) is 5.75 Å². The van der Waals surface area contributed by atoms with E-state index in [4.69, 9.17) is 4.74 Å². The topological polar surface area (TPSA) is 117 Å². The van der Waals surface area contributed by atoms with Crippen molar-refractivity contribution >= 4 is 27.7 Å². The summed E-state index contributed by atoms with van der Waals surface area (Å²) in [5.41, 5.74) is 0.588. The molecule has 0 unspecified atom stereocenters. The van der Waals surface area contributed by atoms with Gasteiger partial charge in [0.25, 0.3) is 0 Å². The zero-order chi connectivity index (χ0) is 20.7. The normalized spacial score (nSPS) is 15.0. The van der Waals surface area contributed by atoms with Crippen molar-refractivity contribution in [3.63, 3.8) is 0 Å². The molecule has 2 N–H and O–H groups in total. The zero-order valence-corrected chi connectivity index (χ0v) is 16.9. The number of carbonyl (C=O) groups is 1. The molecule has 1 aliphatic heterocycles. The number of piperazine rings is 1. The maximum absolute atomic E-state index is 12.5. The van der Waals surface area contributed by atoms with Crippen LogP contribution in [-0.2, 0) is 10.0 Å². The standard InChI is InChI=1S/C18H24N6O4S/c1-28-16-5-3-15(4-6-16)22-18(25)21-9-14-29(26,27)24-12-10-23(11-13-24)17-19-7-2-8-20-17/h2-8H,9-14H2,1H3,(H2,21,22,25). The molecule has 0 saturated carbocycles. The predicted molar refractivity (Wildman–Crippen MR) is 110 cm³/mol. The second-order valence-electron chi connectivity index (χ2n) is 6.36. The summed E-state index contributed by atoms with van der Waals surface area (Å²) in [5, 5.41) is 5.22. The van der Waals surface area contributed by atoms with Gasteiger partial charge < -0.3 is 20.3 Å². The van der Waals surface area contributed by atoms with Gasteiger partial charge in [0.2, 0.25) is 16.0 Å². The fourth-order valence-electron chi connectivity index (χ4n) is 2.89. The monoisotopic (exact) mass is 420 g/mol. The lowest BCUT2D eigenvalue weighted by Crippen LogP contribution is -2.50. The second-order valence-corrected chi connectivity index (χ2v) is 8.45. The van der Waals surface area contributed by atoms with Crippen LogP contribution in [0.4, 0.5) is 16.4 Å². The molecule has 29 heavy (non-hydrogen) atoms. The quantitative estimate of drug-likeness (QED) is 0.679. The summed E-state index contributed by atoms with van der Waals surface area (Å²) < 4.78 is 31.6. The molecule has 0 atom stereocenters. The van der Waals surface area contributed by atoms with E-state index in [0.717, 1.165) is 0 Å². The van der Waals surface area contributed by atoms with Crippen LogP contribution in [0.3, 0.4) is 0 Å². The molecule has 156 valence electrons. The summed E-state index contributed by atoms with van der Waals surface area (Å²) in [6.07, 6.45) is 3.32. The van der Waals surface area contributed by atoms with Gasteiger partial charge in [0.1, 0.15) is 5.75 Å². The number of urea groups is 1. The highest BCUT2D eigenvalue weighted by atomic mass is 32.2. The van der Waals surface area contributed by atoms with Crippen molar-refractivity contribution in [3.8, 4) is 5.75 Å². The first-order valence-corrected chi connectivity index (χ1v) is 10.8. The highest BCUT2D eigenvalue weighted by molar-refractivity contribution is 7.89. The lowest BCUT2D eigenvalue weighted by Gasteiger charge is -2.33. The number of nitrogens with one attached hydrogen (secondary N) is 2. The average Bonchev–Trinajstić information content (AvgIpc) is 2.75. The molecule has 2 heterocycles. The third-order valence-electron chi connectivity index (χ3n) is 4.46. The first-order valence-electron chi connectivity index (χ1n) is 9.16. The molecule has 3 rings (SSSR count). The Morgan fingerprint density at radius 1 is 1.10 bits per heavy atom. The van der Waals surface area contributed by atoms with Crippen LogP contribution >= 0.6 is 0 Å². The third-order valence-corrected chi connectivity index (χ3v) is 6.33. The Bertz CT molecular complexity index is 900. The fraction of sp³-hybridized carbons (Fsp3) is 0.389. The number of aromatic nitrogens is 2. The number of rotatable bonds is 7. The average molecular weight is 420 g/mol. The van der Waals surface area contributed by atoms with Crippen LogP contribution in [0.25, 0.3) is 0 Å². The van der Waals surface area contributed by atoms with Crippen LogP contribution in [0.15, 0.2) is 42.7 Å². The summed E-state index contributed by atoms with van der Waals surface area (Å²) in [6, 6.07) is 8.12. The van der Waals surface area contributed by atoms with Crippen molar-refractivity contribution in [2.75, 3.05) is 55.8 Å². The Balaban J connectivity index is 1.42. The third kappa shape index (κ3) is 5.78. The van der Waals surface area contributed by atoms with E-state index in [9.17, 15) is 13.2 Å². The molecule has 1 saturated heterocycles. The van der Waals surface area contributed by atoms with Crippen molar-refractivity contribution in [1.29, 1.82) is 0 Å². The van der Waals surface area contributed by atoms with Crippen molar-refractivity contribution in [3.05, 3.63) is 42.7 Å². The van der Waals surface area contributed by atoms with Gasteiger partial charge in [-0.25, -0.2) is 23.2 Å². The van der Waals surface area contributed by atoms with Gasteiger partial charge in [0.05, 0.1) is 12.9 Å². The minimum atomic E-state index is -3.46. The lowest BCUT2D eigenvalue weighted by atomic mass is 10.3. The van der Waals surface area contributed by atoms with E-state index in [1.807, 2.05) is 4.90 Å². The van der Waals surface area contributed by atoms with Gasteiger partial charge in [-0.15, -0.1) is 0 Å². The van der Waals surface area contributed by atoms with Gasteiger partial charge in [-0.2, -0.15) is 4.31 Å². The number of ether oxygens (including phenoxy) is 1. The first-order chi connectivity index (χ1) is 14.0. The maximum Gasteiger partial charge on any atom is 0.319 e. The summed E-state index contributed by atoms with van der Waals surface area (Å²) in [6.45, 7) is 1.78. The van der Waals surface area contributed by atoms with Gasteiger partial charge in [0.15, 0.2) is 0 Å². The predicted octanol–water partition coefficient (Wildman–Crippen LogP) is 0.759. The van der Waals surface area contributed by atoms with E-state index < -0.39 is 16.1 Å². The fourth-order valence-corrected chi connectivity index (χ4v) is 4.23. The minimum Gasteiger partial charge on any atom is -0.497 e. The SMILES string of the molecule is COc1ccc(NC(=O)NCCS(=O)(=O)N2CCN(c3ncccn3)CC2)cc1. The summed E-state index contributed by atoms with van der Waals surface area (Å²) in [4.78, 5) is 22.3. The summed E-state index contributed by atoms with van der Waals surface area (Å²) >= 11 is 0. The molecular formula is C18H24N6O4S. The smallest absolute Gasteiger partial charge is 0.319 e. The lowest BCUT2D eigenvalue weighted by molar-refractivity contribution is 0.252. The molecule has 1 aliphatic rings. The largest absolute Gasteiger partial charge is 0.497 e. The van der Waals surface area contributed by atoms with E-state index in [2.05, 4.69) is 20.6 Å². The maximum atomic E-state index is 12.5. The summed E-state index contributed by atoms with van der Waals surface area (Å²) in [7, 11) is -1.90. The molecule has 0 aliphatic carbocycles. The number of sulfonamides is 1. The summed E-state index contributed by atoms with van der Waals surface area (Å²) in [5.74, 6) is 1.12. The minimum absolute atomic E-state index is 0.0202. The highest BCUT2D eigenvalue weighted by Gasteiger charge is 2.27.